The molecule has 0 bridgehead atoms. The number of rotatable bonds is 4. The first-order valence-corrected chi connectivity index (χ1v) is 10.2. The van der Waals surface area contributed by atoms with Crippen molar-refractivity contribution in [3.63, 3.8) is 0 Å². The molecule has 3 heterocycles. The molecule has 1 fully saturated rings. The Morgan fingerprint density at radius 1 is 1.39 bits per heavy atom. The molecule has 1 aliphatic rings. The average Bonchev–Trinajstić information content (AvgIpc) is 2.81. The van der Waals surface area contributed by atoms with Gasteiger partial charge in [-0.15, -0.1) is 0 Å². The summed E-state index contributed by atoms with van der Waals surface area (Å²) in [6.45, 7) is 4.80. The number of fused-ring (bicyclic) bond motifs is 1. The lowest BCUT2D eigenvalue weighted by molar-refractivity contribution is -0.127. The summed E-state index contributed by atoms with van der Waals surface area (Å²) in [7, 11) is 0. The highest BCUT2D eigenvalue weighted by Gasteiger charge is 2.25. The van der Waals surface area contributed by atoms with Crippen LogP contribution < -0.4 is 5.32 Å². The average molecular weight is 436 g/mol. The molecule has 2 aromatic heterocycles. The maximum absolute atomic E-state index is 14.5. The molecule has 1 atom stereocenters. The highest BCUT2D eigenvalue weighted by atomic mass is 35.5. The normalized spacial score (nSPS) is 16.0. The number of nitrogens with one attached hydrogen (secondary N) is 1. The van der Waals surface area contributed by atoms with Gasteiger partial charge in [0.1, 0.15) is 6.07 Å². The van der Waals surface area contributed by atoms with Gasteiger partial charge in [0, 0.05) is 36.3 Å². The number of nitriles is 1. The molecular weight excluding hydrogens is 417 g/mol. The second-order valence-electron chi connectivity index (χ2n) is 7.34. The third-order valence-electron chi connectivity index (χ3n) is 5.43. The second-order valence-corrected chi connectivity index (χ2v) is 7.75. The molecular formula is C23H19ClFN5O. The summed E-state index contributed by atoms with van der Waals surface area (Å²) in [6, 6.07) is 8.61. The van der Waals surface area contributed by atoms with Gasteiger partial charge in [-0.3, -0.25) is 14.8 Å². The summed E-state index contributed by atoms with van der Waals surface area (Å²) in [6.07, 6.45) is 6.13. The molecule has 1 saturated heterocycles. The Balaban J connectivity index is 1.77. The zero-order valence-corrected chi connectivity index (χ0v) is 17.4. The lowest BCUT2D eigenvalue weighted by atomic mass is 9.93. The van der Waals surface area contributed by atoms with Crippen molar-refractivity contribution >= 4 is 39.8 Å². The van der Waals surface area contributed by atoms with Crippen LogP contribution in [0.4, 0.5) is 15.8 Å². The lowest BCUT2D eigenvalue weighted by Gasteiger charge is -2.32. The number of hydrogen-bond donors (Lipinski definition) is 1. The van der Waals surface area contributed by atoms with Crippen LogP contribution in [0.2, 0.25) is 5.02 Å². The number of halogens is 2. The van der Waals surface area contributed by atoms with Gasteiger partial charge in [0.15, 0.2) is 5.82 Å². The van der Waals surface area contributed by atoms with Crippen molar-refractivity contribution in [3.05, 3.63) is 71.4 Å². The van der Waals surface area contributed by atoms with Crippen molar-refractivity contribution in [1.82, 2.24) is 14.9 Å². The molecule has 1 aliphatic heterocycles. The van der Waals surface area contributed by atoms with Gasteiger partial charge in [-0.1, -0.05) is 24.2 Å². The first-order chi connectivity index (χ1) is 15.0. The van der Waals surface area contributed by atoms with Crippen LogP contribution in [-0.2, 0) is 4.79 Å². The molecule has 6 nitrogen and oxygen atoms in total. The Morgan fingerprint density at radius 2 is 2.23 bits per heavy atom. The standard InChI is InChI=1S/C23H19ClFN5O/c1-2-21(31)30-8-4-5-14(13-30)19-9-16-20(12-28-19)27-11-15(10-26)23(16)29-18-7-3-6-17(24)22(18)25/h2-3,6-7,9,11-12,14H,1,4-5,8,13H2,(H,27,29). The van der Waals surface area contributed by atoms with Crippen molar-refractivity contribution in [2.75, 3.05) is 18.4 Å². The number of anilines is 2. The maximum Gasteiger partial charge on any atom is 0.245 e. The van der Waals surface area contributed by atoms with Crippen molar-refractivity contribution < 1.29 is 9.18 Å². The van der Waals surface area contributed by atoms with Gasteiger partial charge < -0.3 is 10.2 Å². The Hall–Kier alpha value is -3.50. The molecule has 4 rings (SSSR count). The summed E-state index contributed by atoms with van der Waals surface area (Å²) >= 11 is 5.91. The van der Waals surface area contributed by atoms with Crippen molar-refractivity contribution in [2.45, 2.75) is 18.8 Å². The summed E-state index contributed by atoms with van der Waals surface area (Å²) in [5.74, 6) is -0.653. The number of likely N-dealkylation sites (tertiary alicyclic amines) is 1. The monoisotopic (exact) mass is 435 g/mol. The number of carbonyl (C=O) groups is 1. The number of pyridine rings is 2. The molecule has 3 aromatic rings. The number of nitrogens with zero attached hydrogens (tertiary/aromatic N) is 4. The van der Waals surface area contributed by atoms with Gasteiger partial charge in [0.25, 0.3) is 0 Å². The maximum atomic E-state index is 14.5. The third-order valence-corrected chi connectivity index (χ3v) is 5.73. The summed E-state index contributed by atoms with van der Waals surface area (Å²) in [4.78, 5) is 22.7. The van der Waals surface area contributed by atoms with E-state index in [-0.39, 0.29) is 28.1 Å². The molecule has 0 aliphatic carbocycles. The minimum Gasteiger partial charge on any atom is -0.351 e. The third kappa shape index (κ3) is 4.07. The Kier molecular flexibility index (Phi) is 5.83. The van der Waals surface area contributed by atoms with Crippen LogP contribution in [0.25, 0.3) is 10.9 Å². The van der Waals surface area contributed by atoms with Crippen LogP contribution in [0.5, 0.6) is 0 Å². The van der Waals surface area contributed by atoms with Crippen LogP contribution in [0.3, 0.4) is 0 Å². The molecule has 8 heteroatoms. The SMILES string of the molecule is C=CC(=O)N1CCCC(c2cc3c(Nc4cccc(Cl)c4F)c(C#N)cnc3cn2)C1. The highest BCUT2D eigenvalue weighted by Crippen LogP contribution is 2.34. The van der Waals surface area contributed by atoms with Gasteiger partial charge in [0.05, 0.1) is 33.7 Å². The number of amides is 1. The molecule has 1 aromatic carbocycles. The fourth-order valence-electron chi connectivity index (χ4n) is 3.84. The van der Waals surface area contributed by atoms with E-state index in [1.54, 1.807) is 23.2 Å². The van der Waals surface area contributed by atoms with Crippen molar-refractivity contribution in [3.8, 4) is 6.07 Å². The van der Waals surface area contributed by atoms with Gasteiger partial charge in [-0.05, 0) is 37.1 Å². The van der Waals surface area contributed by atoms with E-state index in [0.717, 1.165) is 18.5 Å². The lowest BCUT2D eigenvalue weighted by Crippen LogP contribution is -2.38. The minimum atomic E-state index is -0.599. The number of benzene rings is 1. The van der Waals surface area contributed by atoms with Gasteiger partial charge >= 0.3 is 0 Å². The molecule has 156 valence electrons. The predicted octanol–water partition coefficient (Wildman–Crippen LogP) is 4.93. The summed E-state index contributed by atoms with van der Waals surface area (Å²) < 4.78 is 14.5. The molecule has 31 heavy (non-hydrogen) atoms. The Labute approximate surface area is 184 Å². The van der Waals surface area contributed by atoms with Gasteiger partial charge in [0.2, 0.25) is 5.91 Å². The molecule has 1 amide bonds. The van der Waals surface area contributed by atoms with Crippen LogP contribution in [0, 0.1) is 17.1 Å². The fourth-order valence-corrected chi connectivity index (χ4v) is 4.01. The zero-order chi connectivity index (χ0) is 22.0. The van der Waals surface area contributed by atoms with Crippen LogP contribution in [0.1, 0.15) is 30.0 Å². The summed E-state index contributed by atoms with van der Waals surface area (Å²) in [5, 5.41) is 13.2. The predicted molar refractivity (Wildman–Crippen MR) is 118 cm³/mol. The van der Waals surface area contributed by atoms with Crippen LogP contribution in [0.15, 0.2) is 49.3 Å². The highest BCUT2D eigenvalue weighted by molar-refractivity contribution is 6.31. The summed E-state index contributed by atoms with van der Waals surface area (Å²) in [5.41, 5.74) is 2.24. The van der Waals surface area contributed by atoms with E-state index >= 15 is 0 Å². The zero-order valence-electron chi connectivity index (χ0n) is 16.6. The van der Waals surface area contributed by atoms with Crippen LogP contribution in [-0.4, -0.2) is 33.9 Å². The Morgan fingerprint density at radius 3 is 3.00 bits per heavy atom. The Bertz CT molecular complexity index is 1220. The number of hydrogen-bond acceptors (Lipinski definition) is 5. The van der Waals surface area contributed by atoms with Crippen molar-refractivity contribution in [2.24, 2.45) is 0 Å². The van der Waals surface area contributed by atoms with E-state index in [4.69, 9.17) is 11.6 Å². The second kappa shape index (κ2) is 8.70. The van der Waals surface area contributed by atoms with E-state index in [1.165, 1.54) is 18.3 Å². The first-order valence-electron chi connectivity index (χ1n) is 9.83. The van der Waals surface area contributed by atoms with Crippen molar-refractivity contribution in [1.29, 1.82) is 5.26 Å². The first kappa shape index (κ1) is 20.8. The molecule has 0 saturated carbocycles. The van der Waals surface area contributed by atoms with E-state index < -0.39 is 5.82 Å². The van der Waals surface area contributed by atoms with Crippen LogP contribution >= 0.6 is 11.6 Å². The fraction of sp³-hybridized carbons (Fsp3) is 0.217. The van der Waals surface area contributed by atoms with Gasteiger partial charge in [-0.2, -0.15) is 5.26 Å². The molecule has 0 spiro atoms. The minimum absolute atomic E-state index is 0.0154. The van der Waals surface area contributed by atoms with Gasteiger partial charge in [-0.25, -0.2) is 4.39 Å². The smallest absolute Gasteiger partial charge is 0.245 e. The number of carbonyl (C=O) groups excluding carboxylic acids is 1. The number of piperidine rings is 1. The quantitative estimate of drug-likeness (QED) is 0.587. The topological polar surface area (TPSA) is 81.9 Å². The molecule has 1 unspecified atom stereocenters. The number of aromatic nitrogens is 2. The van der Waals surface area contributed by atoms with E-state index in [1.807, 2.05) is 6.07 Å². The molecule has 0 radical (unpaired) electrons. The largest absolute Gasteiger partial charge is 0.351 e. The van der Waals surface area contributed by atoms with E-state index in [9.17, 15) is 14.4 Å². The van der Waals surface area contributed by atoms with E-state index in [0.29, 0.717) is 29.7 Å². The molecule has 1 N–H and O–H groups in total. The van der Waals surface area contributed by atoms with E-state index in [2.05, 4.69) is 27.9 Å².